The lowest BCUT2D eigenvalue weighted by Crippen LogP contribution is -2.24. The minimum Gasteiger partial charge on any atom is -0.459 e. The fraction of sp³-hybridized carbons (Fsp3) is 0.385. The number of likely N-dealkylation sites (N-methyl/N-ethyl adjacent to an activating group) is 1. The fourth-order valence-corrected chi connectivity index (χ4v) is 1.83. The predicted molar refractivity (Wildman–Crippen MR) is 64.5 cm³/mol. The van der Waals surface area contributed by atoms with Crippen molar-refractivity contribution in [2.24, 2.45) is 0 Å². The first kappa shape index (κ1) is 11.2. The molecule has 1 atom stereocenters. The summed E-state index contributed by atoms with van der Waals surface area (Å²) in [7, 11) is 1.70. The second-order valence-corrected chi connectivity index (χ2v) is 3.75. The van der Waals surface area contributed by atoms with Gasteiger partial charge in [0.1, 0.15) is 11.3 Å². The number of furan rings is 1. The maximum atomic E-state index is 5.79. The number of nitrogens with one attached hydrogen (secondary N) is 1. The zero-order valence-electron chi connectivity index (χ0n) is 9.69. The summed E-state index contributed by atoms with van der Waals surface area (Å²) in [5.41, 5.74) is 0.927. The lowest BCUT2D eigenvalue weighted by atomic mass is 10.2. The smallest absolute Gasteiger partial charge is 0.134 e. The van der Waals surface area contributed by atoms with E-state index in [1.807, 2.05) is 18.2 Å². The molecule has 3 heteroatoms. The third-order valence-corrected chi connectivity index (χ3v) is 2.57. The standard InChI is InChI=1S/C13H17NO2/c1-3-14-11(9-15-2)13-8-10-6-4-5-7-12(10)16-13/h4-8,11,14H,3,9H2,1-2H3. The highest BCUT2D eigenvalue weighted by Crippen LogP contribution is 2.23. The molecule has 2 rings (SSSR count). The second-order valence-electron chi connectivity index (χ2n) is 3.75. The lowest BCUT2D eigenvalue weighted by Gasteiger charge is -2.13. The normalized spacial score (nSPS) is 13.1. The Hall–Kier alpha value is -1.32. The Morgan fingerprint density at radius 3 is 2.88 bits per heavy atom. The van der Waals surface area contributed by atoms with Crippen LogP contribution in [0.25, 0.3) is 11.0 Å². The number of fused-ring (bicyclic) bond motifs is 1. The lowest BCUT2D eigenvalue weighted by molar-refractivity contribution is 0.159. The summed E-state index contributed by atoms with van der Waals surface area (Å²) in [6, 6.07) is 10.2. The van der Waals surface area contributed by atoms with Crippen LogP contribution in [0.3, 0.4) is 0 Å². The molecule has 0 amide bonds. The molecule has 0 bridgehead atoms. The van der Waals surface area contributed by atoms with Crippen LogP contribution >= 0.6 is 0 Å². The Labute approximate surface area is 95.4 Å². The Bertz CT molecular complexity index is 411. The van der Waals surface area contributed by atoms with Crippen molar-refractivity contribution in [1.82, 2.24) is 5.32 Å². The SMILES string of the molecule is CCNC(COC)c1cc2ccccc2o1. The highest BCUT2D eigenvalue weighted by atomic mass is 16.5. The number of para-hydroxylation sites is 1. The second kappa shape index (κ2) is 5.14. The largest absolute Gasteiger partial charge is 0.459 e. The van der Waals surface area contributed by atoms with Gasteiger partial charge in [-0.3, -0.25) is 0 Å². The molecule has 0 aliphatic heterocycles. The first-order chi connectivity index (χ1) is 7.85. The molecule has 0 saturated heterocycles. The Morgan fingerprint density at radius 1 is 1.38 bits per heavy atom. The topological polar surface area (TPSA) is 34.4 Å². The van der Waals surface area contributed by atoms with Crippen LogP contribution in [0.1, 0.15) is 18.7 Å². The highest BCUT2D eigenvalue weighted by Gasteiger charge is 2.14. The van der Waals surface area contributed by atoms with Crippen LogP contribution in [0.2, 0.25) is 0 Å². The molecule has 0 spiro atoms. The summed E-state index contributed by atoms with van der Waals surface area (Å²) in [6.07, 6.45) is 0. The predicted octanol–water partition coefficient (Wildman–Crippen LogP) is 2.73. The molecule has 2 aromatic rings. The van der Waals surface area contributed by atoms with Gasteiger partial charge in [-0.15, -0.1) is 0 Å². The van der Waals surface area contributed by atoms with Gasteiger partial charge in [0.2, 0.25) is 0 Å². The number of hydrogen-bond acceptors (Lipinski definition) is 3. The first-order valence-electron chi connectivity index (χ1n) is 5.56. The van der Waals surface area contributed by atoms with E-state index in [9.17, 15) is 0 Å². The summed E-state index contributed by atoms with van der Waals surface area (Å²) in [4.78, 5) is 0. The zero-order valence-corrected chi connectivity index (χ0v) is 9.69. The third-order valence-electron chi connectivity index (χ3n) is 2.57. The molecular weight excluding hydrogens is 202 g/mol. The molecule has 1 unspecified atom stereocenters. The van der Waals surface area contributed by atoms with E-state index in [2.05, 4.69) is 24.4 Å². The van der Waals surface area contributed by atoms with E-state index in [1.165, 1.54) is 0 Å². The van der Waals surface area contributed by atoms with Crippen molar-refractivity contribution in [2.75, 3.05) is 20.3 Å². The van der Waals surface area contributed by atoms with Crippen LogP contribution in [-0.2, 0) is 4.74 Å². The van der Waals surface area contributed by atoms with Crippen molar-refractivity contribution in [1.29, 1.82) is 0 Å². The maximum Gasteiger partial charge on any atom is 0.134 e. The zero-order chi connectivity index (χ0) is 11.4. The Morgan fingerprint density at radius 2 is 2.19 bits per heavy atom. The molecule has 1 aromatic heterocycles. The number of rotatable bonds is 5. The first-order valence-corrected chi connectivity index (χ1v) is 5.56. The van der Waals surface area contributed by atoms with Gasteiger partial charge >= 0.3 is 0 Å². The molecule has 3 nitrogen and oxygen atoms in total. The van der Waals surface area contributed by atoms with Crippen LogP contribution in [-0.4, -0.2) is 20.3 Å². The van der Waals surface area contributed by atoms with Gasteiger partial charge < -0.3 is 14.5 Å². The summed E-state index contributed by atoms with van der Waals surface area (Å²) in [6.45, 7) is 3.59. The molecule has 86 valence electrons. The summed E-state index contributed by atoms with van der Waals surface area (Å²) in [5.74, 6) is 0.935. The molecule has 0 saturated carbocycles. The van der Waals surface area contributed by atoms with Gasteiger partial charge in [0.15, 0.2) is 0 Å². The monoisotopic (exact) mass is 219 g/mol. The quantitative estimate of drug-likeness (QED) is 0.839. The molecule has 1 N–H and O–H groups in total. The molecule has 0 fully saturated rings. The van der Waals surface area contributed by atoms with Gasteiger partial charge in [-0.1, -0.05) is 25.1 Å². The Kier molecular flexibility index (Phi) is 3.59. The van der Waals surface area contributed by atoms with Crippen LogP contribution in [0.15, 0.2) is 34.7 Å². The van der Waals surface area contributed by atoms with E-state index in [4.69, 9.17) is 9.15 Å². The fourth-order valence-electron chi connectivity index (χ4n) is 1.83. The van der Waals surface area contributed by atoms with Gasteiger partial charge in [-0.2, -0.15) is 0 Å². The van der Waals surface area contributed by atoms with Crippen LogP contribution in [0, 0.1) is 0 Å². The molecule has 0 aliphatic carbocycles. The molecule has 1 heterocycles. The summed E-state index contributed by atoms with van der Waals surface area (Å²) in [5, 5.41) is 4.48. The number of hydrogen-bond donors (Lipinski definition) is 1. The summed E-state index contributed by atoms with van der Waals surface area (Å²) < 4.78 is 11.0. The maximum absolute atomic E-state index is 5.79. The number of benzene rings is 1. The molecular formula is C13H17NO2. The van der Waals surface area contributed by atoms with Crippen LogP contribution < -0.4 is 5.32 Å². The van der Waals surface area contributed by atoms with E-state index in [0.29, 0.717) is 6.61 Å². The van der Waals surface area contributed by atoms with Gasteiger partial charge in [-0.25, -0.2) is 0 Å². The van der Waals surface area contributed by atoms with Crippen molar-refractivity contribution in [3.05, 3.63) is 36.1 Å². The summed E-state index contributed by atoms with van der Waals surface area (Å²) >= 11 is 0. The van der Waals surface area contributed by atoms with Crippen molar-refractivity contribution < 1.29 is 9.15 Å². The van der Waals surface area contributed by atoms with Gasteiger partial charge in [0, 0.05) is 12.5 Å². The van der Waals surface area contributed by atoms with Gasteiger partial charge in [0.25, 0.3) is 0 Å². The van der Waals surface area contributed by atoms with Gasteiger partial charge in [0.05, 0.1) is 12.6 Å². The third kappa shape index (κ3) is 2.26. The van der Waals surface area contributed by atoms with Crippen molar-refractivity contribution in [2.45, 2.75) is 13.0 Å². The molecule has 16 heavy (non-hydrogen) atoms. The number of methoxy groups -OCH3 is 1. The molecule has 1 aromatic carbocycles. The number of ether oxygens (including phenoxy) is 1. The molecule has 0 radical (unpaired) electrons. The average Bonchev–Trinajstić information content (AvgIpc) is 2.72. The average molecular weight is 219 g/mol. The van der Waals surface area contributed by atoms with Crippen molar-refractivity contribution >= 4 is 11.0 Å². The van der Waals surface area contributed by atoms with E-state index in [-0.39, 0.29) is 6.04 Å². The minimum atomic E-state index is 0.127. The highest BCUT2D eigenvalue weighted by molar-refractivity contribution is 5.77. The Balaban J connectivity index is 2.29. The van der Waals surface area contributed by atoms with Crippen LogP contribution in [0.5, 0.6) is 0 Å². The van der Waals surface area contributed by atoms with E-state index >= 15 is 0 Å². The van der Waals surface area contributed by atoms with E-state index in [1.54, 1.807) is 7.11 Å². The van der Waals surface area contributed by atoms with Crippen LogP contribution in [0.4, 0.5) is 0 Å². The van der Waals surface area contributed by atoms with E-state index in [0.717, 1.165) is 23.3 Å². The molecule has 0 aliphatic rings. The van der Waals surface area contributed by atoms with E-state index < -0.39 is 0 Å². The van der Waals surface area contributed by atoms with Gasteiger partial charge in [-0.05, 0) is 18.7 Å². The minimum absolute atomic E-state index is 0.127. The van der Waals surface area contributed by atoms with Crippen molar-refractivity contribution in [3.8, 4) is 0 Å². The van der Waals surface area contributed by atoms with Crippen molar-refractivity contribution in [3.63, 3.8) is 0 Å².